The van der Waals surface area contributed by atoms with Gasteiger partial charge in [0.25, 0.3) is 5.91 Å². The van der Waals surface area contributed by atoms with Crippen molar-refractivity contribution in [2.75, 3.05) is 50.7 Å². The van der Waals surface area contributed by atoms with Gasteiger partial charge in [0.15, 0.2) is 0 Å². The minimum Gasteiger partial charge on any atom is -0.444 e. The van der Waals surface area contributed by atoms with Crippen LogP contribution in [-0.2, 0) is 19.1 Å². The summed E-state index contributed by atoms with van der Waals surface area (Å²) in [5.74, 6) is -0.379. The van der Waals surface area contributed by atoms with E-state index < -0.39 is 17.7 Å². The quantitative estimate of drug-likeness (QED) is 0.533. The van der Waals surface area contributed by atoms with Crippen molar-refractivity contribution in [1.82, 2.24) is 30.2 Å². The Labute approximate surface area is 217 Å². The van der Waals surface area contributed by atoms with Crippen LogP contribution in [0.1, 0.15) is 58.9 Å². The molecule has 3 aliphatic rings. The van der Waals surface area contributed by atoms with Crippen molar-refractivity contribution in [3.8, 4) is 0 Å². The number of anilines is 1. The second-order valence-electron chi connectivity index (χ2n) is 11.0. The summed E-state index contributed by atoms with van der Waals surface area (Å²) in [7, 11) is 0. The predicted octanol–water partition coefficient (Wildman–Crippen LogP) is 0.889. The van der Waals surface area contributed by atoms with Crippen LogP contribution in [-0.4, -0.2) is 101 Å². The lowest BCUT2D eigenvalue weighted by Crippen LogP contribution is -2.49. The number of ether oxygens (including phenoxy) is 1. The molecule has 0 aliphatic carbocycles. The third-order valence-corrected chi connectivity index (χ3v) is 7.07. The maximum Gasteiger partial charge on any atom is 0.407 e. The average Bonchev–Trinajstić information content (AvgIpc) is 3.32. The average molecular weight is 518 g/mol. The third-order valence-electron chi connectivity index (χ3n) is 7.07. The van der Waals surface area contributed by atoms with E-state index >= 15 is 0 Å². The molecule has 2 N–H and O–H groups in total. The van der Waals surface area contributed by atoms with Gasteiger partial charge >= 0.3 is 6.09 Å². The highest BCUT2D eigenvalue weighted by atomic mass is 16.6. The van der Waals surface area contributed by atoms with E-state index in [1.165, 1.54) is 0 Å². The molecule has 3 aliphatic heterocycles. The minimum absolute atomic E-state index is 0.0336. The summed E-state index contributed by atoms with van der Waals surface area (Å²) < 4.78 is 6.97. The fourth-order valence-electron chi connectivity index (χ4n) is 4.99. The zero-order valence-electron chi connectivity index (χ0n) is 22.1. The number of hydrogen-bond acceptors (Lipinski definition) is 8. The van der Waals surface area contributed by atoms with E-state index in [2.05, 4.69) is 25.5 Å². The topological polar surface area (TPSA) is 129 Å². The highest BCUT2D eigenvalue weighted by Crippen LogP contribution is 2.22. The molecule has 4 heterocycles. The van der Waals surface area contributed by atoms with Gasteiger partial charge in [0, 0.05) is 70.9 Å². The first-order chi connectivity index (χ1) is 17.6. The van der Waals surface area contributed by atoms with Crippen molar-refractivity contribution in [3.63, 3.8) is 0 Å². The number of imide groups is 1. The first kappa shape index (κ1) is 26.9. The van der Waals surface area contributed by atoms with E-state index in [9.17, 15) is 19.2 Å². The summed E-state index contributed by atoms with van der Waals surface area (Å²) in [4.78, 5) is 54.7. The molecule has 0 radical (unpaired) electrons. The molecule has 4 amide bonds. The van der Waals surface area contributed by atoms with Gasteiger partial charge in [-0.2, -0.15) is 5.10 Å². The smallest absolute Gasteiger partial charge is 0.407 e. The highest BCUT2D eigenvalue weighted by Gasteiger charge is 2.30. The van der Waals surface area contributed by atoms with Crippen LogP contribution in [0.2, 0.25) is 0 Å². The molecule has 4 rings (SSSR count). The fraction of sp³-hybridized carbons (Fsp3) is 0.720. The van der Waals surface area contributed by atoms with Gasteiger partial charge in [0.1, 0.15) is 11.6 Å². The summed E-state index contributed by atoms with van der Waals surface area (Å²) in [5, 5.41) is 9.65. The maximum absolute atomic E-state index is 12.8. The van der Waals surface area contributed by atoms with Gasteiger partial charge in [0.05, 0.1) is 11.9 Å². The molecule has 0 bridgehead atoms. The van der Waals surface area contributed by atoms with Gasteiger partial charge in [-0.05, 0) is 40.0 Å². The zero-order valence-corrected chi connectivity index (χ0v) is 22.1. The number of carbonyl (C=O) groups is 4. The normalized spacial score (nSPS) is 22.1. The second-order valence-corrected chi connectivity index (χ2v) is 11.0. The molecular weight excluding hydrogens is 478 g/mol. The predicted molar refractivity (Wildman–Crippen MR) is 136 cm³/mol. The molecule has 1 unspecified atom stereocenters. The molecule has 37 heavy (non-hydrogen) atoms. The van der Waals surface area contributed by atoms with E-state index in [1.807, 2.05) is 31.9 Å². The molecule has 3 fully saturated rings. The van der Waals surface area contributed by atoms with Crippen molar-refractivity contribution in [2.24, 2.45) is 0 Å². The van der Waals surface area contributed by atoms with Crippen LogP contribution in [0.15, 0.2) is 12.4 Å². The van der Waals surface area contributed by atoms with Gasteiger partial charge in [0.2, 0.25) is 11.8 Å². The Morgan fingerprint density at radius 3 is 2.43 bits per heavy atom. The number of likely N-dealkylation sites (tertiary alicyclic amines) is 1. The standard InChI is InChI=1S/C25H39N7O5/c1-25(2,3)37-24(36)27-18-6-10-31(11-7-18)22(34)8-9-29-12-14-30(15-13-29)19-16-26-32(17-19)20-4-5-21(33)28-23(20)35/h16-18,20H,4-15H2,1-3H3,(H,27,36)(H,28,33,35). The van der Waals surface area contributed by atoms with E-state index in [-0.39, 0.29) is 23.8 Å². The van der Waals surface area contributed by atoms with Crippen LogP contribution in [0.25, 0.3) is 0 Å². The SMILES string of the molecule is CC(C)(C)OC(=O)NC1CCN(C(=O)CCN2CCN(c3cnn(C4CCC(=O)NC4=O)c3)CC2)CC1. The van der Waals surface area contributed by atoms with Crippen molar-refractivity contribution in [1.29, 1.82) is 0 Å². The summed E-state index contributed by atoms with van der Waals surface area (Å²) >= 11 is 0. The Morgan fingerprint density at radius 2 is 1.78 bits per heavy atom. The Balaban J connectivity index is 1.14. The number of aromatic nitrogens is 2. The number of hydrogen-bond donors (Lipinski definition) is 2. The van der Waals surface area contributed by atoms with Gasteiger partial charge in [-0.3, -0.25) is 29.3 Å². The number of amides is 4. The molecule has 1 aromatic rings. The molecule has 12 nitrogen and oxygen atoms in total. The van der Waals surface area contributed by atoms with Crippen LogP contribution < -0.4 is 15.5 Å². The molecular formula is C25H39N7O5. The number of piperidine rings is 2. The molecule has 0 aromatic carbocycles. The van der Waals surface area contributed by atoms with Crippen LogP contribution in [0, 0.1) is 0 Å². The Kier molecular flexibility index (Phi) is 8.35. The van der Waals surface area contributed by atoms with E-state index in [0.29, 0.717) is 32.4 Å². The first-order valence-corrected chi connectivity index (χ1v) is 13.2. The number of nitrogens with one attached hydrogen (secondary N) is 2. The van der Waals surface area contributed by atoms with Gasteiger partial charge in [-0.25, -0.2) is 4.79 Å². The zero-order chi connectivity index (χ0) is 26.6. The fourth-order valence-corrected chi connectivity index (χ4v) is 4.99. The summed E-state index contributed by atoms with van der Waals surface area (Å²) in [6.07, 6.45) is 5.98. The first-order valence-electron chi connectivity index (χ1n) is 13.2. The largest absolute Gasteiger partial charge is 0.444 e. The van der Waals surface area contributed by atoms with E-state index in [0.717, 1.165) is 51.3 Å². The summed E-state index contributed by atoms with van der Waals surface area (Å²) in [5.41, 5.74) is 0.438. The Bertz CT molecular complexity index is 988. The number of carbonyl (C=O) groups excluding carboxylic acids is 4. The maximum atomic E-state index is 12.8. The third kappa shape index (κ3) is 7.43. The van der Waals surface area contributed by atoms with Crippen LogP contribution >= 0.6 is 0 Å². The summed E-state index contributed by atoms with van der Waals surface area (Å²) in [6, 6.07) is -0.414. The minimum atomic E-state index is -0.524. The molecule has 12 heteroatoms. The Hall–Kier alpha value is -3.15. The van der Waals surface area contributed by atoms with Gasteiger partial charge in [-0.15, -0.1) is 0 Å². The lowest BCUT2D eigenvalue weighted by Gasteiger charge is -2.36. The number of piperazine rings is 1. The molecule has 1 atom stereocenters. The van der Waals surface area contributed by atoms with Crippen molar-refractivity contribution in [2.45, 2.75) is 70.6 Å². The molecule has 1 aromatic heterocycles. The molecule has 0 saturated carbocycles. The van der Waals surface area contributed by atoms with Crippen LogP contribution in [0.4, 0.5) is 10.5 Å². The second kappa shape index (κ2) is 11.5. The monoisotopic (exact) mass is 517 g/mol. The number of rotatable bonds is 6. The number of alkyl carbamates (subject to hydrolysis) is 1. The van der Waals surface area contributed by atoms with Crippen LogP contribution in [0.3, 0.4) is 0 Å². The van der Waals surface area contributed by atoms with Crippen molar-refractivity contribution in [3.05, 3.63) is 12.4 Å². The number of nitrogens with zero attached hydrogens (tertiary/aromatic N) is 5. The molecule has 3 saturated heterocycles. The van der Waals surface area contributed by atoms with E-state index in [4.69, 9.17) is 4.74 Å². The van der Waals surface area contributed by atoms with E-state index in [1.54, 1.807) is 10.9 Å². The van der Waals surface area contributed by atoms with Gasteiger partial charge in [-0.1, -0.05) is 0 Å². The van der Waals surface area contributed by atoms with Crippen LogP contribution in [0.5, 0.6) is 0 Å². The lowest BCUT2D eigenvalue weighted by molar-refractivity contribution is -0.136. The summed E-state index contributed by atoms with van der Waals surface area (Å²) in [6.45, 7) is 10.8. The lowest BCUT2D eigenvalue weighted by atomic mass is 10.0. The molecule has 0 spiro atoms. The van der Waals surface area contributed by atoms with Crippen molar-refractivity contribution < 1.29 is 23.9 Å². The molecule has 204 valence electrons. The van der Waals surface area contributed by atoms with Gasteiger partial charge < -0.3 is 19.9 Å². The Morgan fingerprint density at radius 1 is 1.08 bits per heavy atom. The van der Waals surface area contributed by atoms with Crippen molar-refractivity contribution >= 4 is 29.5 Å². The highest BCUT2D eigenvalue weighted by molar-refractivity contribution is 5.99.